The molecule has 2 aromatic carbocycles. The average Bonchev–Trinajstić information content (AvgIpc) is 2.61. The minimum atomic E-state index is -0.560. The Kier molecular flexibility index (Phi) is 6.34. The van der Waals surface area contributed by atoms with Crippen LogP contribution in [0.5, 0.6) is 0 Å². The number of aliphatic hydroxyl groups excluding tert-OH is 1. The SMILES string of the molecule is N#Cc1ccc(CCC(=O)NCCC(O)c2ccccc2)cc1. The predicted octanol–water partition coefficient (Wildman–Crippen LogP) is 2.73. The summed E-state index contributed by atoms with van der Waals surface area (Å²) in [5, 5.41) is 21.6. The summed E-state index contributed by atoms with van der Waals surface area (Å²) < 4.78 is 0. The van der Waals surface area contributed by atoms with Gasteiger partial charge in [0.25, 0.3) is 0 Å². The highest BCUT2D eigenvalue weighted by molar-refractivity contribution is 5.76. The Bertz CT molecular complexity index is 660. The van der Waals surface area contributed by atoms with Gasteiger partial charge in [-0.15, -0.1) is 0 Å². The van der Waals surface area contributed by atoms with E-state index in [1.807, 2.05) is 42.5 Å². The van der Waals surface area contributed by atoms with Crippen molar-refractivity contribution in [2.45, 2.75) is 25.4 Å². The second-order valence-corrected chi connectivity index (χ2v) is 5.37. The van der Waals surface area contributed by atoms with Crippen LogP contribution in [0.1, 0.15) is 35.6 Å². The number of carbonyl (C=O) groups is 1. The molecule has 4 heteroatoms. The van der Waals surface area contributed by atoms with E-state index < -0.39 is 6.10 Å². The summed E-state index contributed by atoms with van der Waals surface area (Å²) in [4.78, 5) is 11.8. The molecule has 1 unspecified atom stereocenters. The summed E-state index contributed by atoms with van der Waals surface area (Å²) in [6, 6.07) is 18.7. The molecule has 2 N–H and O–H groups in total. The van der Waals surface area contributed by atoms with Gasteiger partial charge in [-0.2, -0.15) is 5.26 Å². The van der Waals surface area contributed by atoms with Crippen LogP contribution in [0, 0.1) is 11.3 Å². The molecule has 1 atom stereocenters. The van der Waals surface area contributed by atoms with Gasteiger partial charge in [0.2, 0.25) is 5.91 Å². The first-order valence-electron chi connectivity index (χ1n) is 7.68. The number of hydrogen-bond donors (Lipinski definition) is 2. The highest BCUT2D eigenvalue weighted by atomic mass is 16.3. The van der Waals surface area contributed by atoms with Crippen LogP contribution in [0.4, 0.5) is 0 Å². The Hall–Kier alpha value is -2.64. The first kappa shape index (κ1) is 16.7. The van der Waals surface area contributed by atoms with E-state index in [0.29, 0.717) is 31.4 Å². The molecule has 0 saturated carbocycles. The predicted molar refractivity (Wildman–Crippen MR) is 88.5 cm³/mol. The molecule has 0 aromatic heterocycles. The van der Waals surface area contributed by atoms with Gasteiger partial charge in [-0.25, -0.2) is 0 Å². The Morgan fingerprint density at radius 3 is 2.48 bits per heavy atom. The molecule has 0 fully saturated rings. The molecule has 0 saturated heterocycles. The Labute approximate surface area is 136 Å². The van der Waals surface area contributed by atoms with Crippen LogP contribution >= 0.6 is 0 Å². The lowest BCUT2D eigenvalue weighted by Gasteiger charge is -2.11. The normalized spacial score (nSPS) is 11.5. The molecule has 0 bridgehead atoms. The van der Waals surface area contributed by atoms with Gasteiger partial charge in [0, 0.05) is 13.0 Å². The first-order valence-corrected chi connectivity index (χ1v) is 7.68. The summed E-state index contributed by atoms with van der Waals surface area (Å²) in [7, 11) is 0. The van der Waals surface area contributed by atoms with Crippen LogP contribution in [0.2, 0.25) is 0 Å². The number of hydrogen-bond acceptors (Lipinski definition) is 3. The second-order valence-electron chi connectivity index (χ2n) is 5.37. The smallest absolute Gasteiger partial charge is 0.220 e. The van der Waals surface area contributed by atoms with E-state index in [1.165, 1.54) is 0 Å². The lowest BCUT2D eigenvalue weighted by molar-refractivity contribution is -0.121. The Morgan fingerprint density at radius 1 is 1.13 bits per heavy atom. The van der Waals surface area contributed by atoms with Crippen molar-refractivity contribution in [2.75, 3.05) is 6.54 Å². The molecular weight excluding hydrogens is 288 g/mol. The van der Waals surface area contributed by atoms with Crippen molar-refractivity contribution in [1.29, 1.82) is 5.26 Å². The fourth-order valence-electron chi connectivity index (χ4n) is 2.28. The number of carbonyl (C=O) groups excluding carboxylic acids is 1. The van der Waals surface area contributed by atoms with Crippen LogP contribution in [-0.4, -0.2) is 17.6 Å². The molecular formula is C19H20N2O2. The molecule has 1 amide bonds. The molecule has 118 valence electrons. The minimum Gasteiger partial charge on any atom is -0.388 e. The van der Waals surface area contributed by atoms with Gasteiger partial charge in [0.05, 0.1) is 17.7 Å². The fraction of sp³-hybridized carbons (Fsp3) is 0.263. The first-order chi connectivity index (χ1) is 11.2. The molecule has 0 aliphatic heterocycles. The molecule has 0 spiro atoms. The van der Waals surface area contributed by atoms with E-state index in [9.17, 15) is 9.90 Å². The number of aliphatic hydroxyl groups is 1. The Morgan fingerprint density at radius 2 is 1.83 bits per heavy atom. The second kappa shape index (κ2) is 8.72. The number of nitrogens with zero attached hydrogens (tertiary/aromatic N) is 1. The van der Waals surface area contributed by atoms with E-state index in [-0.39, 0.29) is 5.91 Å². The zero-order chi connectivity index (χ0) is 16.5. The highest BCUT2D eigenvalue weighted by Crippen LogP contribution is 2.14. The summed E-state index contributed by atoms with van der Waals surface area (Å²) >= 11 is 0. The minimum absolute atomic E-state index is 0.0328. The van der Waals surface area contributed by atoms with E-state index in [4.69, 9.17) is 5.26 Å². The molecule has 0 aliphatic rings. The number of rotatable bonds is 7. The monoisotopic (exact) mass is 308 g/mol. The van der Waals surface area contributed by atoms with Gasteiger partial charge in [-0.3, -0.25) is 4.79 Å². The summed E-state index contributed by atoms with van der Waals surface area (Å²) in [5.41, 5.74) is 2.51. The van der Waals surface area contributed by atoms with Crippen molar-refractivity contribution in [3.8, 4) is 6.07 Å². The number of benzene rings is 2. The molecule has 2 aromatic rings. The molecule has 0 radical (unpaired) electrons. The highest BCUT2D eigenvalue weighted by Gasteiger charge is 2.08. The van der Waals surface area contributed by atoms with Crippen LogP contribution in [0.3, 0.4) is 0 Å². The van der Waals surface area contributed by atoms with Crippen LogP contribution < -0.4 is 5.32 Å². The Balaban J connectivity index is 1.68. The topological polar surface area (TPSA) is 73.1 Å². The van der Waals surface area contributed by atoms with E-state index in [0.717, 1.165) is 11.1 Å². The van der Waals surface area contributed by atoms with Crippen molar-refractivity contribution in [1.82, 2.24) is 5.32 Å². The van der Waals surface area contributed by atoms with Crippen molar-refractivity contribution in [2.24, 2.45) is 0 Å². The summed E-state index contributed by atoms with van der Waals surface area (Å²) in [6.45, 7) is 0.447. The van der Waals surface area contributed by atoms with Gasteiger partial charge in [0.1, 0.15) is 0 Å². The van der Waals surface area contributed by atoms with Gasteiger partial charge in [-0.05, 0) is 36.1 Å². The van der Waals surface area contributed by atoms with Gasteiger partial charge in [-0.1, -0.05) is 42.5 Å². The largest absolute Gasteiger partial charge is 0.388 e. The molecule has 23 heavy (non-hydrogen) atoms. The standard InChI is InChI=1S/C19H20N2O2/c20-14-16-8-6-15(7-9-16)10-11-19(23)21-13-12-18(22)17-4-2-1-3-5-17/h1-9,18,22H,10-13H2,(H,21,23). The number of nitrogens with one attached hydrogen (secondary N) is 1. The molecule has 0 heterocycles. The molecule has 2 rings (SSSR count). The fourth-order valence-corrected chi connectivity index (χ4v) is 2.28. The summed E-state index contributed by atoms with van der Waals surface area (Å²) in [6.07, 6.45) is 0.966. The van der Waals surface area contributed by atoms with Crippen molar-refractivity contribution < 1.29 is 9.90 Å². The quantitative estimate of drug-likeness (QED) is 0.826. The van der Waals surface area contributed by atoms with Crippen molar-refractivity contribution in [3.05, 3.63) is 71.3 Å². The number of nitriles is 1. The van der Waals surface area contributed by atoms with E-state index in [2.05, 4.69) is 11.4 Å². The third kappa shape index (κ3) is 5.57. The van der Waals surface area contributed by atoms with E-state index >= 15 is 0 Å². The zero-order valence-electron chi connectivity index (χ0n) is 12.9. The van der Waals surface area contributed by atoms with Crippen molar-refractivity contribution in [3.63, 3.8) is 0 Å². The third-order valence-corrected chi connectivity index (χ3v) is 3.65. The summed E-state index contributed by atoms with van der Waals surface area (Å²) in [5.74, 6) is -0.0328. The maximum Gasteiger partial charge on any atom is 0.220 e. The van der Waals surface area contributed by atoms with Gasteiger partial charge in [0.15, 0.2) is 0 Å². The lowest BCUT2D eigenvalue weighted by atomic mass is 10.1. The average molecular weight is 308 g/mol. The van der Waals surface area contributed by atoms with Gasteiger partial charge >= 0.3 is 0 Å². The number of aryl methyl sites for hydroxylation is 1. The third-order valence-electron chi connectivity index (χ3n) is 3.65. The van der Waals surface area contributed by atoms with Crippen LogP contribution in [-0.2, 0) is 11.2 Å². The molecule has 0 aliphatic carbocycles. The van der Waals surface area contributed by atoms with Crippen LogP contribution in [0.15, 0.2) is 54.6 Å². The number of amides is 1. The lowest BCUT2D eigenvalue weighted by Crippen LogP contribution is -2.25. The van der Waals surface area contributed by atoms with Crippen molar-refractivity contribution >= 4 is 5.91 Å². The van der Waals surface area contributed by atoms with E-state index in [1.54, 1.807) is 12.1 Å². The zero-order valence-corrected chi connectivity index (χ0v) is 12.9. The maximum absolute atomic E-state index is 11.8. The van der Waals surface area contributed by atoms with Crippen LogP contribution in [0.25, 0.3) is 0 Å². The maximum atomic E-state index is 11.8. The molecule has 4 nitrogen and oxygen atoms in total. The van der Waals surface area contributed by atoms with Gasteiger partial charge < -0.3 is 10.4 Å².